The lowest BCUT2D eigenvalue weighted by molar-refractivity contribution is -0.139. The van der Waals surface area contributed by atoms with E-state index < -0.39 is 0 Å². The predicted octanol–water partition coefficient (Wildman–Crippen LogP) is -0.201. The van der Waals surface area contributed by atoms with Gasteiger partial charge in [0.1, 0.15) is 24.7 Å². The van der Waals surface area contributed by atoms with Gasteiger partial charge in [0, 0.05) is 26.3 Å². The molecule has 1 aromatic rings. The van der Waals surface area contributed by atoms with Crippen molar-refractivity contribution in [2.75, 3.05) is 53.6 Å². The van der Waals surface area contributed by atoms with E-state index in [-0.39, 0.29) is 44.0 Å². The van der Waals surface area contributed by atoms with Crippen LogP contribution in [0.25, 0.3) is 0 Å². The van der Waals surface area contributed by atoms with Gasteiger partial charge >= 0.3 is 0 Å². The van der Waals surface area contributed by atoms with Crippen molar-refractivity contribution in [3.63, 3.8) is 0 Å². The van der Waals surface area contributed by atoms with Crippen molar-refractivity contribution in [1.82, 2.24) is 15.5 Å². The first-order valence-corrected chi connectivity index (χ1v) is 8.67. The molecule has 2 rings (SSSR count). The maximum absolute atomic E-state index is 12.4. The van der Waals surface area contributed by atoms with Crippen LogP contribution in [-0.2, 0) is 14.3 Å². The molecule has 0 fully saturated rings. The summed E-state index contributed by atoms with van der Waals surface area (Å²) in [7, 11) is 2.95. The molecule has 0 bridgehead atoms. The van der Waals surface area contributed by atoms with Crippen LogP contribution in [0.5, 0.6) is 11.5 Å². The molecule has 1 aromatic carbocycles. The van der Waals surface area contributed by atoms with Crippen molar-refractivity contribution in [3.8, 4) is 11.5 Å². The average Bonchev–Trinajstić information content (AvgIpc) is 2.66. The van der Waals surface area contributed by atoms with E-state index in [0.717, 1.165) is 0 Å². The number of carbonyl (C=O) groups is 3. The second-order valence-corrected chi connectivity index (χ2v) is 5.92. The van der Waals surface area contributed by atoms with E-state index in [9.17, 15) is 14.4 Å². The van der Waals surface area contributed by atoms with Gasteiger partial charge in [0.2, 0.25) is 11.8 Å². The molecule has 1 aliphatic heterocycles. The van der Waals surface area contributed by atoms with Crippen molar-refractivity contribution < 1.29 is 28.6 Å². The van der Waals surface area contributed by atoms with Gasteiger partial charge in [0.25, 0.3) is 5.91 Å². The van der Waals surface area contributed by atoms with E-state index in [1.807, 2.05) is 0 Å². The Labute approximate surface area is 157 Å². The fraction of sp³-hybridized carbons (Fsp3) is 0.500. The highest BCUT2D eigenvalue weighted by Gasteiger charge is 2.18. The van der Waals surface area contributed by atoms with Gasteiger partial charge < -0.3 is 29.7 Å². The molecule has 9 heteroatoms. The summed E-state index contributed by atoms with van der Waals surface area (Å²) in [5.74, 6) is 0.118. The van der Waals surface area contributed by atoms with Gasteiger partial charge in [-0.15, -0.1) is 0 Å². The normalized spacial score (nSPS) is 16.3. The topological polar surface area (TPSA) is 106 Å². The Kier molecular flexibility index (Phi) is 7.87. The molecule has 1 heterocycles. The summed E-state index contributed by atoms with van der Waals surface area (Å²) in [6.07, 6.45) is 0.501. The molecule has 148 valence electrons. The van der Waals surface area contributed by atoms with Crippen molar-refractivity contribution in [1.29, 1.82) is 0 Å². The molecule has 0 radical (unpaired) electrons. The minimum Gasteiger partial charge on any atom is -0.497 e. The van der Waals surface area contributed by atoms with Crippen LogP contribution in [0.15, 0.2) is 18.2 Å². The lowest BCUT2D eigenvalue weighted by Gasteiger charge is -2.22. The lowest BCUT2D eigenvalue weighted by Crippen LogP contribution is -2.44. The number of amides is 3. The maximum Gasteiger partial charge on any atom is 0.255 e. The van der Waals surface area contributed by atoms with Crippen molar-refractivity contribution in [2.24, 2.45) is 0 Å². The molecule has 1 aliphatic rings. The maximum atomic E-state index is 12.4. The highest BCUT2D eigenvalue weighted by Crippen LogP contribution is 2.24. The van der Waals surface area contributed by atoms with Gasteiger partial charge in [-0.05, 0) is 18.6 Å². The highest BCUT2D eigenvalue weighted by molar-refractivity contribution is 5.97. The molecule has 9 nitrogen and oxygen atoms in total. The van der Waals surface area contributed by atoms with Crippen LogP contribution in [0.4, 0.5) is 0 Å². The summed E-state index contributed by atoms with van der Waals surface area (Å²) in [5, 5.41) is 5.51. The third-order valence-corrected chi connectivity index (χ3v) is 3.96. The first-order chi connectivity index (χ1) is 13.0. The Bertz CT molecular complexity index is 679. The first kappa shape index (κ1) is 20.5. The van der Waals surface area contributed by atoms with Crippen molar-refractivity contribution >= 4 is 17.7 Å². The fourth-order valence-electron chi connectivity index (χ4n) is 2.59. The average molecular weight is 379 g/mol. The lowest BCUT2D eigenvalue weighted by atomic mass is 10.1. The van der Waals surface area contributed by atoms with Gasteiger partial charge in [-0.3, -0.25) is 14.4 Å². The Balaban J connectivity index is 2.12. The van der Waals surface area contributed by atoms with Crippen molar-refractivity contribution in [3.05, 3.63) is 23.8 Å². The third kappa shape index (κ3) is 6.14. The summed E-state index contributed by atoms with van der Waals surface area (Å²) < 4.78 is 15.7. The number of carbonyl (C=O) groups excluding carboxylic acids is 3. The Morgan fingerprint density at radius 1 is 1.22 bits per heavy atom. The van der Waals surface area contributed by atoms with Crippen LogP contribution in [0.1, 0.15) is 16.8 Å². The quantitative estimate of drug-likeness (QED) is 0.753. The van der Waals surface area contributed by atoms with Crippen LogP contribution in [0, 0.1) is 0 Å². The highest BCUT2D eigenvalue weighted by atomic mass is 16.5. The SMILES string of the molecule is COCC(=O)N1CCCNC(=O)c2ccc(OC)cc2OCCNC(=O)C1. The second-order valence-electron chi connectivity index (χ2n) is 5.92. The summed E-state index contributed by atoms with van der Waals surface area (Å²) in [4.78, 5) is 38.0. The number of methoxy groups -OCH3 is 2. The molecular weight excluding hydrogens is 354 g/mol. The number of hydrogen-bond acceptors (Lipinski definition) is 6. The smallest absolute Gasteiger partial charge is 0.255 e. The monoisotopic (exact) mass is 379 g/mol. The molecular formula is C18H25N3O6. The van der Waals surface area contributed by atoms with E-state index in [2.05, 4.69) is 10.6 Å². The molecule has 2 N–H and O–H groups in total. The summed E-state index contributed by atoms with van der Waals surface area (Å²) in [5.41, 5.74) is 0.381. The summed E-state index contributed by atoms with van der Waals surface area (Å²) >= 11 is 0. The third-order valence-electron chi connectivity index (χ3n) is 3.96. The number of benzene rings is 1. The summed E-state index contributed by atoms with van der Waals surface area (Å²) in [6.45, 7) is 0.928. The number of ether oxygens (including phenoxy) is 3. The fourth-order valence-corrected chi connectivity index (χ4v) is 2.59. The molecule has 0 aromatic heterocycles. The molecule has 0 unspecified atom stereocenters. The second kappa shape index (κ2) is 10.4. The van der Waals surface area contributed by atoms with Gasteiger partial charge in [-0.2, -0.15) is 0 Å². The van der Waals surface area contributed by atoms with Gasteiger partial charge in [0.15, 0.2) is 0 Å². The van der Waals surface area contributed by atoms with Gasteiger partial charge in [-0.1, -0.05) is 0 Å². The van der Waals surface area contributed by atoms with Crippen LogP contribution < -0.4 is 20.1 Å². The molecule has 0 spiro atoms. The predicted molar refractivity (Wildman–Crippen MR) is 96.9 cm³/mol. The minimum atomic E-state index is -0.282. The first-order valence-electron chi connectivity index (χ1n) is 8.67. The molecule has 0 atom stereocenters. The number of nitrogens with one attached hydrogen (secondary N) is 2. The van der Waals surface area contributed by atoms with E-state index in [4.69, 9.17) is 14.2 Å². The van der Waals surface area contributed by atoms with Crippen LogP contribution in [0.2, 0.25) is 0 Å². The molecule has 3 amide bonds. The Hall–Kier alpha value is -2.81. The number of nitrogens with zero attached hydrogens (tertiary/aromatic N) is 1. The van der Waals surface area contributed by atoms with Crippen LogP contribution in [0.3, 0.4) is 0 Å². The molecule has 0 aliphatic carbocycles. The number of hydrogen-bond donors (Lipinski definition) is 2. The van der Waals surface area contributed by atoms with Gasteiger partial charge in [-0.25, -0.2) is 0 Å². The van der Waals surface area contributed by atoms with Crippen molar-refractivity contribution in [2.45, 2.75) is 6.42 Å². The van der Waals surface area contributed by atoms with E-state index in [1.165, 1.54) is 19.1 Å². The van der Waals surface area contributed by atoms with E-state index in [1.54, 1.807) is 18.2 Å². The van der Waals surface area contributed by atoms with Crippen LogP contribution >= 0.6 is 0 Å². The zero-order valence-electron chi connectivity index (χ0n) is 15.6. The standard InChI is InChI=1S/C18H25N3O6/c1-25-12-17(23)21-8-3-6-20-18(24)14-5-4-13(26-2)10-15(14)27-9-7-19-16(22)11-21/h4-5,10H,3,6-9,11-12H2,1-2H3,(H,19,22)(H,20,24). The Morgan fingerprint density at radius 2 is 2.04 bits per heavy atom. The zero-order chi connectivity index (χ0) is 19.6. The zero-order valence-corrected chi connectivity index (χ0v) is 15.6. The minimum absolute atomic E-state index is 0.0689. The number of rotatable bonds is 3. The largest absolute Gasteiger partial charge is 0.497 e. The summed E-state index contributed by atoms with van der Waals surface area (Å²) in [6, 6.07) is 4.94. The molecule has 0 saturated carbocycles. The van der Waals surface area contributed by atoms with Crippen LogP contribution in [-0.4, -0.2) is 76.2 Å². The van der Waals surface area contributed by atoms with Gasteiger partial charge in [0.05, 0.1) is 25.8 Å². The molecule has 0 saturated heterocycles. The molecule has 27 heavy (non-hydrogen) atoms. The van der Waals surface area contributed by atoms with E-state index >= 15 is 0 Å². The number of fused-ring (bicyclic) bond motifs is 1. The van der Waals surface area contributed by atoms with E-state index in [0.29, 0.717) is 36.6 Å². The Morgan fingerprint density at radius 3 is 2.78 bits per heavy atom.